The highest BCUT2D eigenvalue weighted by molar-refractivity contribution is 6.30. The van der Waals surface area contributed by atoms with Crippen molar-refractivity contribution in [2.45, 2.75) is 26.5 Å². The molecule has 114 valence electrons. The van der Waals surface area contributed by atoms with Crippen LogP contribution in [0.15, 0.2) is 48.5 Å². The smallest absolute Gasteiger partial charge is 0.128 e. The molecule has 4 heteroatoms. The highest BCUT2D eigenvalue weighted by Gasteiger charge is 2.12. The summed E-state index contributed by atoms with van der Waals surface area (Å²) in [6, 6.07) is 15.2. The van der Waals surface area contributed by atoms with Gasteiger partial charge in [0.05, 0.1) is 5.69 Å². The van der Waals surface area contributed by atoms with Crippen molar-refractivity contribution in [1.82, 2.24) is 4.57 Å². The minimum Gasteiger partial charge on any atom is -0.508 e. The Kier molecular flexibility index (Phi) is 3.99. The van der Waals surface area contributed by atoms with E-state index in [2.05, 4.69) is 24.5 Å². The van der Waals surface area contributed by atoms with Gasteiger partial charge in [-0.1, -0.05) is 17.7 Å². The summed E-state index contributed by atoms with van der Waals surface area (Å²) in [4.78, 5) is 0. The van der Waals surface area contributed by atoms with Crippen LogP contribution in [-0.2, 0) is 6.61 Å². The molecule has 3 nitrogen and oxygen atoms in total. The maximum Gasteiger partial charge on any atom is 0.128 e. The first kappa shape index (κ1) is 14.8. The third kappa shape index (κ3) is 2.90. The molecule has 3 aromatic rings. The van der Waals surface area contributed by atoms with Crippen molar-refractivity contribution in [3.05, 3.63) is 59.2 Å². The van der Waals surface area contributed by atoms with Gasteiger partial charge in [0.1, 0.15) is 18.1 Å². The molecule has 0 bridgehead atoms. The highest BCUT2D eigenvalue weighted by atomic mass is 35.5. The first-order chi connectivity index (χ1) is 10.5. The average molecular weight is 316 g/mol. The van der Waals surface area contributed by atoms with Gasteiger partial charge < -0.3 is 14.4 Å². The third-order valence-corrected chi connectivity index (χ3v) is 3.84. The van der Waals surface area contributed by atoms with Crippen LogP contribution in [0.4, 0.5) is 0 Å². The Bertz CT molecular complexity index is 808. The summed E-state index contributed by atoms with van der Waals surface area (Å²) in [6.45, 7) is 4.72. The topological polar surface area (TPSA) is 34.4 Å². The van der Waals surface area contributed by atoms with E-state index in [1.54, 1.807) is 18.2 Å². The number of aromatic nitrogens is 1. The summed E-state index contributed by atoms with van der Waals surface area (Å²) in [7, 11) is 0. The molecule has 0 aliphatic carbocycles. The normalized spacial score (nSPS) is 11.3. The molecule has 1 heterocycles. The van der Waals surface area contributed by atoms with Gasteiger partial charge in [-0.25, -0.2) is 0 Å². The van der Waals surface area contributed by atoms with Crippen LogP contribution in [0, 0.1) is 0 Å². The number of nitrogens with zero attached hydrogens (tertiary/aromatic N) is 1. The minimum absolute atomic E-state index is 0.274. The minimum atomic E-state index is 0.274. The molecule has 0 saturated carbocycles. The van der Waals surface area contributed by atoms with Crippen LogP contribution < -0.4 is 4.74 Å². The van der Waals surface area contributed by atoms with Gasteiger partial charge >= 0.3 is 0 Å². The van der Waals surface area contributed by atoms with E-state index in [-0.39, 0.29) is 5.75 Å². The maximum atomic E-state index is 9.65. The zero-order valence-corrected chi connectivity index (χ0v) is 13.3. The van der Waals surface area contributed by atoms with Crippen molar-refractivity contribution in [2.24, 2.45) is 0 Å². The number of hydrogen-bond acceptors (Lipinski definition) is 2. The molecular formula is C18H18ClNO2. The molecule has 0 saturated heterocycles. The lowest BCUT2D eigenvalue weighted by Gasteiger charge is -2.15. The van der Waals surface area contributed by atoms with Crippen LogP contribution in [0.3, 0.4) is 0 Å². The van der Waals surface area contributed by atoms with E-state index < -0.39 is 0 Å². The second kappa shape index (κ2) is 5.93. The summed E-state index contributed by atoms with van der Waals surface area (Å²) >= 11 is 5.98. The largest absolute Gasteiger partial charge is 0.508 e. The number of halogens is 1. The predicted octanol–water partition coefficient (Wildman–Crippen LogP) is 5.16. The molecule has 0 radical (unpaired) electrons. The standard InChI is InChI=1S/C18H18ClNO2/c1-12(2)20-15(8-13-9-16(21)6-7-18(13)20)11-22-17-5-3-4-14(19)10-17/h3-10,12,21H,11H2,1-2H3. The summed E-state index contributed by atoms with van der Waals surface area (Å²) in [5, 5.41) is 11.3. The fraction of sp³-hybridized carbons (Fsp3) is 0.222. The zero-order chi connectivity index (χ0) is 15.7. The summed E-state index contributed by atoms with van der Waals surface area (Å²) in [5.74, 6) is 1.02. The van der Waals surface area contributed by atoms with Crippen LogP contribution >= 0.6 is 11.6 Å². The number of aromatic hydroxyl groups is 1. The molecule has 1 aromatic heterocycles. The second-order valence-electron chi connectivity index (χ2n) is 5.59. The Balaban J connectivity index is 1.94. The number of phenols is 1. The average Bonchev–Trinajstić information content (AvgIpc) is 2.82. The van der Waals surface area contributed by atoms with Crippen molar-refractivity contribution in [3.63, 3.8) is 0 Å². The lowest BCUT2D eigenvalue weighted by atomic mass is 10.2. The predicted molar refractivity (Wildman–Crippen MR) is 89.8 cm³/mol. The lowest BCUT2D eigenvalue weighted by Crippen LogP contribution is -2.08. The molecule has 3 rings (SSSR count). The van der Waals surface area contributed by atoms with Crippen LogP contribution in [0.5, 0.6) is 11.5 Å². The van der Waals surface area contributed by atoms with Gasteiger partial charge in [0, 0.05) is 22.0 Å². The van der Waals surface area contributed by atoms with E-state index >= 15 is 0 Å². The van der Waals surface area contributed by atoms with Gasteiger partial charge in [0.2, 0.25) is 0 Å². The Hall–Kier alpha value is -2.13. The maximum absolute atomic E-state index is 9.65. The van der Waals surface area contributed by atoms with Crippen LogP contribution in [0.25, 0.3) is 10.9 Å². The van der Waals surface area contributed by atoms with Crippen LogP contribution in [0.2, 0.25) is 5.02 Å². The molecular weight excluding hydrogens is 298 g/mol. The molecule has 2 aromatic carbocycles. The summed E-state index contributed by atoms with van der Waals surface area (Å²) in [5.41, 5.74) is 2.16. The Morgan fingerprint density at radius 2 is 1.95 bits per heavy atom. The monoisotopic (exact) mass is 315 g/mol. The first-order valence-corrected chi connectivity index (χ1v) is 7.63. The van der Waals surface area contributed by atoms with Crippen molar-refractivity contribution in [2.75, 3.05) is 0 Å². The fourth-order valence-corrected chi connectivity index (χ4v) is 2.90. The molecule has 0 aliphatic rings. The molecule has 22 heavy (non-hydrogen) atoms. The van der Waals surface area contributed by atoms with E-state index in [0.717, 1.165) is 22.3 Å². The molecule has 0 atom stereocenters. The number of benzene rings is 2. The van der Waals surface area contributed by atoms with Crippen molar-refractivity contribution in [3.8, 4) is 11.5 Å². The van der Waals surface area contributed by atoms with Crippen molar-refractivity contribution in [1.29, 1.82) is 0 Å². The van der Waals surface area contributed by atoms with Crippen molar-refractivity contribution >= 4 is 22.5 Å². The van der Waals surface area contributed by atoms with E-state index in [9.17, 15) is 5.11 Å². The number of ether oxygens (including phenoxy) is 1. The van der Waals surface area contributed by atoms with Gasteiger partial charge in [-0.3, -0.25) is 0 Å². The van der Waals surface area contributed by atoms with E-state index in [0.29, 0.717) is 17.7 Å². The lowest BCUT2D eigenvalue weighted by molar-refractivity contribution is 0.293. The number of fused-ring (bicyclic) bond motifs is 1. The molecule has 0 amide bonds. The van der Waals surface area contributed by atoms with E-state index in [1.165, 1.54) is 0 Å². The SMILES string of the molecule is CC(C)n1c(COc2cccc(Cl)c2)cc2cc(O)ccc21. The summed E-state index contributed by atoms with van der Waals surface area (Å²) < 4.78 is 8.08. The van der Waals surface area contributed by atoms with Crippen molar-refractivity contribution < 1.29 is 9.84 Å². The van der Waals surface area contributed by atoms with Gasteiger partial charge in [-0.05, 0) is 56.3 Å². The summed E-state index contributed by atoms with van der Waals surface area (Å²) in [6.07, 6.45) is 0. The van der Waals surface area contributed by atoms with E-state index in [1.807, 2.05) is 24.3 Å². The Morgan fingerprint density at radius 3 is 2.68 bits per heavy atom. The Morgan fingerprint density at radius 1 is 1.14 bits per heavy atom. The molecule has 0 spiro atoms. The second-order valence-corrected chi connectivity index (χ2v) is 6.03. The molecule has 0 unspecified atom stereocenters. The van der Waals surface area contributed by atoms with Gasteiger partial charge in [0.25, 0.3) is 0 Å². The molecule has 0 aliphatic heterocycles. The van der Waals surface area contributed by atoms with Gasteiger partial charge in [0.15, 0.2) is 0 Å². The van der Waals surface area contributed by atoms with Gasteiger partial charge in [-0.2, -0.15) is 0 Å². The number of hydrogen-bond donors (Lipinski definition) is 1. The first-order valence-electron chi connectivity index (χ1n) is 7.26. The van der Waals surface area contributed by atoms with Gasteiger partial charge in [-0.15, -0.1) is 0 Å². The number of phenolic OH excluding ortho intramolecular Hbond substituents is 1. The Labute approximate surface area is 134 Å². The third-order valence-electron chi connectivity index (χ3n) is 3.60. The molecule has 1 N–H and O–H groups in total. The van der Waals surface area contributed by atoms with Crippen LogP contribution in [-0.4, -0.2) is 9.67 Å². The highest BCUT2D eigenvalue weighted by Crippen LogP contribution is 2.28. The van der Waals surface area contributed by atoms with E-state index in [4.69, 9.17) is 16.3 Å². The fourth-order valence-electron chi connectivity index (χ4n) is 2.72. The number of rotatable bonds is 4. The molecule has 0 fully saturated rings. The van der Waals surface area contributed by atoms with Crippen LogP contribution in [0.1, 0.15) is 25.6 Å². The zero-order valence-electron chi connectivity index (χ0n) is 12.6. The quantitative estimate of drug-likeness (QED) is 0.721.